The Labute approximate surface area is 109 Å². The van der Waals surface area contributed by atoms with Gasteiger partial charge in [-0.3, -0.25) is 4.79 Å². The van der Waals surface area contributed by atoms with E-state index in [1.165, 1.54) is 0 Å². The van der Waals surface area contributed by atoms with Crippen molar-refractivity contribution in [3.8, 4) is 0 Å². The highest BCUT2D eigenvalue weighted by Gasteiger charge is 2.25. The minimum Gasteiger partial charge on any atom is -0.396 e. The van der Waals surface area contributed by atoms with E-state index in [2.05, 4.69) is 5.32 Å². The molecule has 3 N–H and O–H groups in total. The summed E-state index contributed by atoms with van der Waals surface area (Å²) in [6.45, 7) is 3.00. The summed E-state index contributed by atoms with van der Waals surface area (Å²) in [5.41, 5.74) is 4.83. The van der Waals surface area contributed by atoms with Crippen LogP contribution in [0.25, 0.3) is 0 Å². The summed E-state index contributed by atoms with van der Waals surface area (Å²) in [7, 11) is 0. The van der Waals surface area contributed by atoms with E-state index in [0.717, 1.165) is 12.5 Å². The number of nitrogen functional groups attached to an aromatic ring is 1. The molecule has 1 amide bonds. The number of carbonyl (C=O) groups is 1. The van der Waals surface area contributed by atoms with Crippen LogP contribution < -0.4 is 11.1 Å². The van der Waals surface area contributed by atoms with Gasteiger partial charge in [0, 0.05) is 25.1 Å². The Hall–Kier alpha value is -1.69. The topological polar surface area (TPSA) is 64.3 Å². The molecule has 4 nitrogen and oxygen atoms in total. The number of amides is 1. The van der Waals surface area contributed by atoms with Crippen molar-refractivity contribution in [1.29, 1.82) is 0 Å². The Balaban J connectivity index is 2.02. The number of halogens is 2. The smallest absolute Gasteiger partial charge is 0.254 e. The number of nitrogens with two attached hydrogens (primary N) is 1. The van der Waals surface area contributed by atoms with Gasteiger partial charge in [-0.05, 0) is 19.4 Å². The van der Waals surface area contributed by atoms with Crippen molar-refractivity contribution in [2.24, 2.45) is 5.92 Å². The molecular formula is C13H16F2N2O2. The molecule has 1 aliphatic rings. The van der Waals surface area contributed by atoms with E-state index in [0.29, 0.717) is 19.2 Å². The summed E-state index contributed by atoms with van der Waals surface area (Å²) in [5, 5.41) is 2.62. The molecular weight excluding hydrogens is 254 g/mol. The third kappa shape index (κ3) is 3.01. The number of rotatable bonds is 3. The molecule has 0 aliphatic carbocycles. The van der Waals surface area contributed by atoms with Gasteiger partial charge in [0.25, 0.3) is 5.91 Å². The van der Waals surface area contributed by atoms with Crippen LogP contribution in [0.3, 0.4) is 0 Å². The second-order valence-electron chi connectivity index (χ2n) is 4.69. The molecule has 0 radical (unpaired) electrons. The van der Waals surface area contributed by atoms with E-state index < -0.39 is 17.5 Å². The molecule has 6 heteroatoms. The lowest BCUT2D eigenvalue weighted by atomic mass is 10.0. The number of nitrogens with one attached hydrogen (secondary N) is 1. The molecule has 0 saturated carbocycles. The summed E-state index contributed by atoms with van der Waals surface area (Å²) in [6.07, 6.45) is 0.929. The third-order valence-corrected chi connectivity index (χ3v) is 3.39. The Kier molecular flexibility index (Phi) is 3.99. The number of carbonyl (C=O) groups excluding carboxylic acids is 1. The van der Waals surface area contributed by atoms with Gasteiger partial charge in [0.2, 0.25) is 0 Å². The molecule has 2 atom stereocenters. The molecule has 1 aliphatic heterocycles. The van der Waals surface area contributed by atoms with Crippen LogP contribution in [0.15, 0.2) is 12.1 Å². The molecule has 1 aromatic rings. The Morgan fingerprint density at radius 1 is 1.47 bits per heavy atom. The summed E-state index contributed by atoms with van der Waals surface area (Å²) in [5.74, 6) is -2.17. The molecule has 2 unspecified atom stereocenters. The van der Waals surface area contributed by atoms with Crippen molar-refractivity contribution in [3.05, 3.63) is 29.3 Å². The maximum absolute atomic E-state index is 13.5. The van der Waals surface area contributed by atoms with Gasteiger partial charge in [0.15, 0.2) is 0 Å². The van der Waals surface area contributed by atoms with Gasteiger partial charge < -0.3 is 15.8 Å². The minimum absolute atomic E-state index is 0.0726. The zero-order valence-electron chi connectivity index (χ0n) is 10.6. The van der Waals surface area contributed by atoms with Crippen molar-refractivity contribution in [1.82, 2.24) is 5.32 Å². The average Bonchev–Trinajstić information content (AvgIpc) is 2.76. The number of benzene rings is 1. The van der Waals surface area contributed by atoms with Crippen molar-refractivity contribution >= 4 is 11.6 Å². The van der Waals surface area contributed by atoms with Crippen molar-refractivity contribution in [2.45, 2.75) is 19.4 Å². The predicted octanol–water partition coefficient (Wildman–Crippen LogP) is 1.70. The van der Waals surface area contributed by atoms with Crippen molar-refractivity contribution in [2.75, 3.05) is 18.9 Å². The van der Waals surface area contributed by atoms with Gasteiger partial charge in [-0.2, -0.15) is 0 Å². The Morgan fingerprint density at radius 3 is 2.84 bits per heavy atom. The van der Waals surface area contributed by atoms with Crippen LogP contribution in [0.4, 0.5) is 14.5 Å². The van der Waals surface area contributed by atoms with Gasteiger partial charge in [-0.1, -0.05) is 0 Å². The van der Waals surface area contributed by atoms with E-state index >= 15 is 0 Å². The fraction of sp³-hybridized carbons (Fsp3) is 0.462. The van der Waals surface area contributed by atoms with Crippen molar-refractivity contribution < 1.29 is 18.3 Å². The SMILES string of the molecule is CC1OCCC1CNC(=O)c1cc(N)c(F)cc1F. The number of hydrogen-bond donors (Lipinski definition) is 2. The maximum atomic E-state index is 13.5. The van der Waals surface area contributed by atoms with Crippen LogP contribution in [0.2, 0.25) is 0 Å². The van der Waals surface area contributed by atoms with Gasteiger partial charge in [0.05, 0.1) is 17.4 Å². The molecule has 0 bridgehead atoms. The Morgan fingerprint density at radius 2 is 2.21 bits per heavy atom. The molecule has 2 rings (SSSR count). The molecule has 1 heterocycles. The standard InChI is InChI=1S/C13H16F2N2O2/c1-7-8(2-3-19-7)6-17-13(18)9-4-12(16)11(15)5-10(9)14/h4-5,7-8H,2-3,6,16H2,1H3,(H,17,18). The lowest BCUT2D eigenvalue weighted by Gasteiger charge is -2.15. The second kappa shape index (κ2) is 5.52. The van der Waals surface area contributed by atoms with Crippen LogP contribution in [-0.2, 0) is 4.74 Å². The second-order valence-corrected chi connectivity index (χ2v) is 4.69. The lowest BCUT2D eigenvalue weighted by molar-refractivity contribution is 0.0904. The van der Waals surface area contributed by atoms with Gasteiger partial charge in [-0.25, -0.2) is 8.78 Å². The molecule has 1 fully saturated rings. The van der Waals surface area contributed by atoms with Crippen LogP contribution in [0.5, 0.6) is 0 Å². The summed E-state index contributed by atoms with van der Waals surface area (Å²) >= 11 is 0. The summed E-state index contributed by atoms with van der Waals surface area (Å²) in [6, 6.07) is 1.63. The van der Waals surface area contributed by atoms with Crippen LogP contribution in [0, 0.1) is 17.6 Å². The summed E-state index contributed by atoms with van der Waals surface area (Å²) < 4.78 is 31.8. The monoisotopic (exact) mass is 270 g/mol. The number of hydrogen-bond acceptors (Lipinski definition) is 3. The van der Waals surface area contributed by atoms with Crippen LogP contribution in [-0.4, -0.2) is 25.2 Å². The van der Waals surface area contributed by atoms with Crippen molar-refractivity contribution in [3.63, 3.8) is 0 Å². The lowest BCUT2D eigenvalue weighted by Crippen LogP contribution is -2.32. The fourth-order valence-electron chi connectivity index (χ4n) is 2.10. The predicted molar refractivity (Wildman–Crippen MR) is 66.6 cm³/mol. The zero-order chi connectivity index (χ0) is 14.0. The van der Waals surface area contributed by atoms with E-state index in [4.69, 9.17) is 10.5 Å². The molecule has 0 aromatic heterocycles. The molecule has 104 valence electrons. The number of anilines is 1. The average molecular weight is 270 g/mol. The van der Waals surface area contributed by atoms with Gasteiger partial charge >= 0.3 is 0 Å². The fourth-order valence-corrected chi connectivity index (χ4v) is 2.10. The first-order valence-electron chi connectivity index (χ1n) is 6.13. The highest BCUT2D eigenvalue weighted by Crippen LogP contribution is 2.20. The Bertz CT molecular complexity index is 494. The molecule has 1 saturated heterocycles. The van der Waals surface area contributed by atoms with E-state index in [-0.39, 0.29) is 23.3 Å². The van der Waals surface area contributed by atoms with E-state index in [9.17, 15) is 13.6 Å². The first-order chi connectivity index (χ1) is 8.99. The van der Waals surface area contributed by atoms with Crippen LogP contribution in [0.1, 0.15) is 23.7 Å². The quantitative estimate of drug-likeness (QED) is 0.822. The minimum atomic E-state index is -0.917. The summed E-state index contributed by atoms with van der Waals surface area (Å²) in [4.78, 5) is 11.8. The first-order valence-corrected chi connectivity index (χ1v) is 6.13. The van der Waals surface area contributed by atoms with Gasteiger partial charge in [0.1, 0.15) is 11.6 Å². The molecule has 1 aromatic carbocycles. The highest BCUT2D eigenvalue weighted by molar-refractivity contribution is 5.95. The molecule has 19 heavy (non-hydrogen) atoms. The largest absolute Gasteiger partial charge is 0.396 e. The maximum Gasteiger partial charge on any atom is 0.254 e. The van der Waals surface area contributed by atoms with E-state index in [1.54, 1.807) is 0 Å². The molecule has 0 spiro atoms. The first kappa shape index (κ1) is 13.7. The third-order valence-electron chi connectivity index (χ3n) is 3.39. The van der Waals surface area contributed by atoms with Crippen LogP contribution >= 0.6 is 0 Å². The van der Waals surface area contributed by atoms with E-state index in [1.807, 2.05) is 6.92 Å². The van der Waals surface area contributed by atoms with Gasteiger partial charge in [-0.15, -0.1) is 0 Å². The highest BCUT2D eigenvalue weighted by atomic mass is 19.1. The number of ether oxygens (including phenoxy) is 1. The zero-order valence-corrected chi connectivity index (χ0v) is 10.6. The normalized spacial score (nSPS) is 22.5.